The zero-order valence-electron chi connectivity index (χ0n) is 18.6. The number of benzene rings is 3. The first-order valence-corrected chi connectivity index (χ1v) is 11.6. The van der Waals surface area contributed by atoms with Crippen LogP contribution in [0.4, 0.5) is 0 Å². The number of carbonyl (C=O) groups is 1. The Hall–Kier alpha value is -3.65. The molecule has 168 valence electrons. The van der Waals surface area contributed by atoms with E-state index in [-0.39, 0.29) is 5.91 Å². The minimum absolute atomic E-state index is 0.104. The van der Waals surface area contributed by atoms with E-state index in [1.165, 1.54) is 11.8 Å². The van der Waals surface area contributed by atoms with Gasteiger partial charge in [0.1, 0.15) is 5.75 Å². The molecule has 0 radical (unpaired) electrons. The van der Waals surface area contributed by atoms with Crippen LogP contribution >= 0.6 is 11.8 Å². The molecule has 1 amide bonds. The van der Waals surface area contributed by atoms with Crippen molar-refractivity contribution in [1.29, 1.82) is 0 Å². The summed E-state index contributed by atoms with van der Waals surface area (Å²) in [6, 6.07) is 23.4. The minimum Gasteiger partial charge on any atom is -0.496 e. The van der Waals surface area contributed by atoms with Crippen molar-refractivity contribution >= 4 is 17.7 Å². The molecule has 1 aromatic heterocycles. The molecular formula is C25H25N5O2S. The van der Waals surface area contributed by atoms with E-state index in [9.17, 15) is 4.79 Å². The smallest absolute Gasteiger partial charge is 0.252 e. The molecule has 1 heterocycles. The molecule has 4 rings (SSSR count). The lowest BCUT2D eigenvalue weighted by molar-refractivity contribution is 0.0951. The molecule has 0 spiro atoms. The number of tetrazole rings is 1. The summed E-state index contributed by atoms with van der Waals surface area (Å²) in [4.78, 5) is 13.8. The molecule has 0 bridgehead atoms. The molecule has 0 fully saturated rings. The maximum absolute atomic E-state index is 12.9. The quantitative estimate of drug-likeness (QED) is 0.377. The Morgan fingerprint density at radius 1 is 1.06 bits per heavy atom. The summed E-state index contributed by atoms with van der Waals surface area (Å²) in [6.45, 7) is 2.56. The predicted octanol–water partition coefficient (Wildman–Crippen LogP) is 4.24. The standard InChI is InChI=1S/C25H25N5O2S/c1-18-12-13-22(32-2)19(16-18)14-15-26-25(31)21-10-6-7-11-23(21)33-17-24-27-28-29-30(24)20-8-4-3-5-9-20/h3-13,16H,14-15,17H2,1-2H3,(H,26,31). The fraction of sp³-hybridized carbons (Fsp3) is 0.200. The number of aryl methyl sites for hydroxylation is 1. The van der Waals surface area contributed by atoms with Gasteiger partial charge in [-0.05, 0) is 59.7 Å². The molecule has 0 aliphatic heterocycles. The first-order chi connectivity index (χ1) is 16.2. The third kappa shape index (κ3) is 5.59. The average molecular weight is 460 g/mol. The highest BCUT2D eigenvalue weighted by molar-refractivity contribution is 7.98. The van der Waals surface area contributed by atoms with Gasteiger partial charge in [0.25, 0.3) is 5.91 Å². The molecule has 0 saturated carbocycles. The third-order valence-corrected chi connectivity index (χ3v) is 6.21. The zero-order valence-corrected chi connectivity index (χ0v) is 19.4. The van der Waals surface area contributed by atoms with Gasteiger partial charge in [0.15, 0.2) is 5.82 Å². The number of nitrogens with one attached hydrogen (secondary N) is 1. The molecule has 7 nitrogen and oxygen atoms in total. The highest BCUT2D eigenvalue weighted by Crippen LogP contribution is 2.26. The van der Waals surface area contributed by atoms with Crippen LogP contribution in [0.15, 0.2) is 77.7 Å². The van der Waals surface area contributed by atoms with Crippen molar-refractivity contribution in [3.05, 3.63) is 95.3 Å². The Balaban J connectivity index is 1.40. The molecule has 1 N–H and O–H groups in total. The van der Waals surface area contributed by atoms with Crippen LogP contribution < -0.4 is 10.1 Å². The number of methoxy groups -OCH3 is 1. The van der Waals surface area contributed by atoms with Crippen LogP contribution in [0, 0.1) is 6.92 Å². The summed E-state index contributed by atoms with van der Waals surface area (Å²) in [5.41, 5.74) is 3.78. The molecule has 0 aliphatic rings. The first-order valence-electron chi connectivity index (χ1n) is 10.6. The molecule has 8 heteroatoms. The summed E-state index contributed by atoms with van der Waals surface area (Å²) in [7, 11) is 1.66. The van der Waals surface area contributed by atoms with E-state index >= 15 is 0 Å². The van der Waals surface area contributed by atoms with Crippen molar-refractivity contribution < 1.29 is 9.53 Å². The summed E-state index contributed by atoms with van der Waals surface area (Å²) in [5, 5.41) is 15.1. The van der Waals surface area contributed by atoms with Gasteiger partial charge in [0, 0.05) is 11.4 Å². The maximum atomic E-state index is 12.9. The van der Waals surface area contributed by atoms with Gasteiger partial charge in [-0.2, -0.15) is 4.68 Å². The van der Waals surface area contributed by atoms with Crippen molar-refractivity contribution in [1.82, 2.24) is 25.5 Å². The lowest BCUT2D eigenvalue weighted by atomic mass is 10.1. The molecule has 3 aromatic carbocycles. The van der Waals surface area contributed by atoms with E-state index in [2.05, 4.69) is 26.9 Å². The minimum atomic E-state index is -0.104. The Bertz CT molecular complexity index is 1230. The zero-order chi connectivity index (χ0) is 23.0. The summed E-state index contributed by atoms with van der Waals surface area (Å²) in [5.74, 6) is 1.98. The Kier molecular flexibility index (Phi) is 7.36. The number of hydrogen-bond donors (Lipinski definition) is 1. The lowest BCUT2D eigenvalue weighted by Gasteiger charge is -2.12. The second-order valence-corrected chi connectivity index (χ2v) is 8.47. The van der Waals surface area contributed by atoms with Crippen LogP contribution in [0.1, 0.15) is 27.3 Å². The predicted molar refractivity (Wildman–Crippen MR) is 129 cm³/mol. The SMILES string of the molecule is COc1ccc(C)cc1CCNC(=O)c1ccccc1SCc1nnnn1-c1ccccc1. The number of para-hydroxylation sites is 1. The van der Waals surface area contributed by atoms with Crippen molar-refractivity contribution in [2.45, 2.75) is 24.0 Å². The van der Waals surface area contributed by atoms with Crippen molar-refractivity contribution in [3.8, 4) is 11.4 Å². The normalized spacial score (nSPS) is 10.7. The fourth-order valence-electron chi connectivity index (χ4n) is 3.50. The van der Waals surface area contributed by atoms with E-state index < -0.39 is 0 Å². The molecule has 0 unspecified atom stereocenters. The second-order valence-electron chi connectivity index (χ2n) is 7.45. The average Bonchev–Trinajstić information content (AvgIpc) is 3.32. The number of thioether (sulfide) groups is 1. The number of ether oxygens (including phenoxy) is 1. The Labute approximate surface area is 197 Å². The molecule has 33 heavy (non-hydrogen) atoms. The van der Waals surface area contributed by atoms with E-state index in [1.54, 1.807) is 11.8 Å². The van der Waals surface area contributed by atoms with E-state index in [0.29, 0.717) is 30.1 Å². The number of amides is 1. The Morgan fingerprint density at radius 3 is 2.67 bits per heavy atom. The van der Waals surface area contributed by atoms with Gasteiger partial charge in [-0.3, -0.25) is 4.79 Å². The second kappa shape index (κ2) is 10.8. The fourth-order valence-corrected chi connectivity index (χ4v) is 4.45. The van der Waals surface area contributed by atoms with Crippen LogP contribution in [0.2, 0.25) is 0 Å². The van der Waals surface area contributed by atoms with Gasteiger partial charge >= 0.3 is 0 Å². The largest absolute Gasteiger partial charge is 0.496 e. The summed E-state index contributed by atoms with van der Waals surface area (Å²) >= 11 is 1.54. The summed E-state index contributed by atoms with van der Waals surface area (Å²) in [6.07, 6.45) is 0.692. The van der Waals surface area contributed by atoms with Gasteiger partial charge in [0.05, 0.1) is 24.1 Å². The number of carbonyl (C=O) groups excluding carboxylic acids is 1. The number of nitrogens with zero attached hydrogens (tertiary/aromatic N) is 4. The van der Waals surface area contributed by atoms with Gasteiger partial charge in [0.2, 0.25) is 0 Å². The van der Waals surface area contributed by atoms with Crippen LogP contribution in [0.5, 0.6) is 5.75 Å². The van der Waals surface area contributed by atoms with E-state index in [0.717, 1.165) is 27.5 Å². The molecular weight excluding hydrogens is 434 g/mol. The lowest BCUT2D eigenvalue weighted by Crippen LogP contribution is -2.26. The van der Waals surface area contributed by atoms with Crippen molar-refractivity contribution in [3.63, 3.8) is 0 Å². The maximum Gasteiger partial charge on any atom is 0.252 e. The van der Waals surface area contributed by atoms with Crippen LogP contribution in [0.3, 0.4) is 0 Å². The number of hydrogen-bond acceptors (Lipinski definition) is 6. The number of rotatable bonds is 9. The third-order valence-electron chi connectivity index (χ3n) is 5.14. The highest BCUT2D eigenvalue weighted by atomic mass is 32.2. The highest BCUT2D eigenvalue weighted by Gasteiger charge is 2.14. The molecule has 4 aromatic rings. The van der Waals surface area contributed by atoms with Crippen LogP contribution in [-0.2, 0) is 12.2 Å². The van der Waals surface area contributed by atoms with E-state index in [4.69, 9.17) is 4.74 Å². The summed E-state index contributed by atoms with van der Waals surface area (Å²) < 4.78 is 7.15. The topological polar surface area (TPSA) is 81.9 Å². The Morgan fingerprint density at radius 2 is 1.85 bits per heavy atom. The van der Waals surface area contributed by atoms with E-state index in [1.807, 2.05) is 73.7 Å². The van der Waals surface area contributed by atoms with Crippen molar-refractivity contribution in [2.24, 2.45) is 0 Å². The molecule has 0 aliphatic carbocycles. The first kappa shape index (κ1) is 22.5. The van der Waals surface area contributed by atoms with Crippen molar-refractivity contribution in [2.75, 3.05) is 13.7 Å². The van der Waals surface area contributed by atoms with Gasteiger partial charge in [-0.25, -0.2) is 0 Å². The van der Waals surface area contributed by atoms with Gasteiger partial charge < -0.3 is 10.1 Å². The van der Waals surface area contributed by atoms with Gasteiger partial charge in [-0.1, -0.05) is 48.0 Å². The molecule has 0 atom stereocenters. The number of aromatic nitrogens is 4. The molecule has 0 saturated heterocycles. The van der Waals surface area contributed by atoms with Crippen LogP contribution in [-0.4, -0.2) is 39.8 Å². The van der Waals surface area contributed by atoms with Crippen LogP contribution in [0.25, 0.3) is 5.69 Å². The monoisotopic (exact) mass is 459 g/mol. The van der Waals surface area contributed by atoms with Gasteiger partial charge in [-0.15, -0.1) is 16.9 Å².